The van der Waals surface area contributed by atoms with Gasteiger partial charge in [0.05, 0.1) is 10.5 Å². The molecular weight excluding hydrogens is 474 g/mol. The number of hydrogen-bond donors (Lipinski definition) is 2. The van der Waals surface area contributed by atoms with E-state index in [-0.39, 0.29) is 29.3 Å². The van der Waals surface area contributed by atoms with Crippen LogP contribution < -0.4 is 14.8 Å². The topological polar surface area (TPSA) is 145 Å². The Labute approximate surface area is 206 Å². The summed E-state index contributed by atoms with van der Waals surface area (Å²) in [6.07, 6.45) is 0.735. The van der Waals surface area contributed by atoms with Crippen LogP contribution in [0.15, 0.2) is 23.1 Å². The number of benzene rings is 1. The highest BCUT2D eigenvalue weighted by Crippen LogP contribution is 2.37. The van der Waals surface area contributed by atoms with Gasteiger partial charge in [-0.1, -0.05) is 6.92 Å². The molecule has 0 spiro atoms. The highest BCUT2D eigenvalue weighted by Gasteiger charge is 2.32. The molecule has 0 aliphatic heterocycles. The Hall–Kier alpha value is -2.99. The van der Waals surface area contributed by atoms with Crippen LogP contribution in [0.4, 0.5) is 5.69 Å². The summed E-state index contributed by atoms with van der Waals surface area (Å²) in [7, 11) is -4.20. The van der Waals surface area contributed by atoms with Crippen LogP contribution in [0.2, 0.25) is 0 Å². The third-order valence-electron chi connectivity index (χ3n) is 4.98. The molecule has 0 bridgehead atoms. The van der Waals surface area contributed by atoms with E-state index < -0.39 is 36.6 Å². The average Bonchev–Trinajstić information content (AvgIpc) is 3.02. The summed E-state index contributed by atoms with van der Waals surface area (Å²) in [6.45, 7) is 16.0. The van der Waals surface area contributed by atoms with Crippen molar-refractivity contribution in [2.45, 2.75) is 90.7 Å². The Morgan fingerprint density at radius 1 is 1.23 bits per heavy atom. The van der Waals surface area contributed by atoms with Crippen molar-refractivity contribution < 1.29 is 22.9 Å². The standard InChI is InChI=1S/C23H35N5O6S/c1-10-14(2)24-20(29)19-15(3)21(27(25-19)23(7,8)9)34-17-12-11-16(28(30)31)13-18(17)35(32,33)26-22(4,5)6/h11-14,26H,10H2,1-9H3,(H,24,29). The molecule has 194 valence electrons. The summed E-state index contributed by atoms with van der Waals surface area (Å²) in [5.41, 5.74) is -1.31. The molecule has 0 aliphatic rings. The zero-order valence-electron chi connectivity index (χ0n) is 21.7. The monoisotopic (exact) mass is 509 g/mol. The summed E-state index contributed by atoms with van der Waals surface area (Å²) >= 11 is 0. The van der Waals surface area contributed by atoms with Crippen LogP contribution in [0.25, 0.3) is 0 Å². The van der Waals surface area contributed by atoms with E-state index in [1.807, 2.05) is 34.6 Å². The quantitative estimate of drug-likeness (QED) is 0.399. The summed E-state index contributed by atoms with van der Waals surface area (Å²) in [5.74, 6) is -0.349. The maximum absolute atomic E-state index is 13.2. The molecule has 0 saturated carbocycles. The van der Waals surface area contributed by atoms with Gasteiger partial charge in [0.25, 0.3) is 11.6 Å². The third-order valence-corrected chi connectivity index (χ3v) is 6.76. The zero-order chi connectivity index (χ0) is 26.9. The Morgan fingerprint density at radius 3 is 2.31 bits per heavy atom. The van der Waals surface area contributed by atoms with Gasteiger partial charge in [-0.25, -0.2) is 17.8 Å². The van der Waals surface area contributed by atoms with Crippen molar-refractivity contribution >= 4 is 21.6 Å². The number of carbonyl (C=O) groups is 1. The number of rotatable bonds is 8. The molecule has 0 radical (unpaired) electrons. The number of amides is 1. The van der Waals surface area contributed by atoms with Gasteiger partial charge in [0, 0.05) is 29.3 Å². The molecule has 0 saturated heterocycles. The fourth-order valence-corrected chi connectivity index (χ4v) is 4.70. The van der Waals surface area contributed by atoms with Gasteiger partial charge in [-0.15, -0.1) is 0 Å². The number of non-ortho nitro benzene ring substituents is 1. The number of aromatic nitrogens is 2. The van der Waals surface area contributed by atoms with Crippen molar-refractivity contribution in [1.82, 2.24) is 19.8 Å². The first-order valence-electron chi connectivity index (χ1n) is 11.3. The third kappa shape index (κ3) is 6.79. The first-order chi connectivity index (χ1) is 15.9. The molecule has 0 aliphatic carbocycles. The van der Waals surface area contributed by atoms with Crippen LogP contribution in [0.3, 0.4) is 0 Å². The van der Waals surface area contributed by atoms with Gasteiger partial charge in [0.15, 0.2) is 5.69 Å². The van der Waals surface area contributed by atoms with E-state index in [9.17, 15) is 23.3 Å². The van der Waals surface area contributed by atoms with Crippen molar-refractivity contribution in [3.05, 3.63) is 39.6 Å². The van der Waals surface area contributed by atoms with E-state index in [2.05, 4.69) is 15.1 Å². The van der Waals surface area contributed by atoms with Crippen molar-refractivity contribution in [2.75, 3.05) is 0 Å². The number of sulfonamides is 1. The second-order valence-electron chi connectivity index (χ2n) is 10.5. The smallest absolute Gasteiger partial charge is 0.272 e. The molecule has 1 aromatic carbocycles. The molecule has 35 heavy (non-hydrogen) atoms. The Bertz CT molecular complexity index is 1220. The largest absolute Gasteiger partial charge is 0.438 e. The van der Waals surface area contributed by atoms with E-state index in [0.717, 1.165) is 18.6 Å². The Balaban J connectivity index is 2.70. The van der Waals surface area contributed by atoms with Crippen molar-refractivity contribution in [2.24, 2.45) is 0 Å². The number of hydrogen-bond acceptors (Lipinski definition) is 7. The molecule has 1 unspecified atom stereocenters. The average molecular weight is 510 g/mol. The predicted molar refractivity (Wildman–Crippen MR) is 132 cm³/mol. The lowest BCUT2D eigenvalue weighted by Gasteiger charge is -2.24. The summed E-state index contributed by atoms with van der Waals surface area (Å²) in [5, 5.41) is 18.7. The highest BCUT2D eigenvalue weighted by molar-refractivity contribution is 7.89. The van der Waals surface area contributed by atoms with E-state index in [1.54, 1.807) is 27.7 Å². The van der Waals surface area contributed by atoms with Gasteiger partial charge in [0.1, 0.15) is 10.6 Å². The van der Waals surface area contributed by atoms with Gasteiger partial charge in [-0.2, -0.15) is 5.10 Å². The normalized spacial score (nSPS) is 13.4. The molecular formula is C23H35N5O6S. The van der Waals surface area contributed by atoms with E-state index >= 15 is 0 Å². The first kappa shape index (κ1) is 28.2. The van der Waals surface area contributed by atoms with Crippen LogP contribution in [-0.4, -0.2) is 40.6 Å². The first-order valence-corrected chi connectivity index (χ1v) is 12.8. The lowest BCUT2D eigenvalue weighted by Crippen LogP contribution is -2.40. The molecule has 1 aromatic heterocycles. The molecule has 11 nitrogen and oxygen atoms in total. The fraction of sp³-hybridized carbons (Fsp3) is 0.565. The Morgan fingerprint density at radius 2 is 1.83 bits per heavy atom. The van der Waals surface area contributed by atoms with Crippen LogP contribution in [0, 0.1) is 17.0 Å². The molecule has 1 heterocycles. The second-order valence-corrected chi connectivity index (χ2v) is 12.1. The summed E-state index contributed by atoms with van der Waals surface area (Å²) in [4.78, 5) is 23.1. The van der Waals surface area contributed by atoms with Gasteiger partial charge in [-0.05, 0) is 67.9 Å². The Kier molecular flexibility index (Phi) is 8.02. The van der Waals surface area contributed by atoms with E-state index in [1.165, 1.54) is 10.7 Å². The number of nitro benzene ring substituents is 1. The van der Waals surface area contributed by atoms with Gasteiger partial charge in [0.2, 0.25) is 15.9 Å². The van der Waals surface area contributed by atoms with Gasteiger partial charge >= 0.3 is 0 Å². The number of nitro groups is 1. The van der Waals surface area contributed by atoms with E-state index in [4.69, 9.17) is 4.74 Å². The molecule has 1 atom stereocenters. The maximum Gasteiger partial charge on any atom is 0.272 e. The van der Waals surface area contributed by atoms with Crippen LogP contribution in [0.1, 0.15) is 77.9 Å². The second kappa shape index (κ2) is 9.94. The molecule has 0 fully saturated rings. The molecule has 12 heteroatoms. The number of nitrogens with one attached hydrogen (secondary N) is 2. The van der Waals surface area contributed by atoms with Gasteiger partial charge < -0.3 is 10.1 Å². The maximum atomic E-state index is 13.2. The van der Waals surface area contributed by atoms with Crippen LogP contribution in [0.5, 0.6) is 11.6 Å². The zero-order valence-corrected chi connectivity index (χ0v) is 22.5. The molecule has 2 aromatic rings. The van der Waals surface area contributed by atoms with Crippen molar-refractivity contribution in [3.63, 3.8) is 0 Å². The summed E-state index contributed by atoms with van der Waals surface area (Å²) < 4.78 is 36.4. The lowest BCUT2D eigenvalue weighted by molar-refractivity contribution is -0.385. The minimum atomic E-state index is -4.20. The predicted octanol–water partition coefficient (Wildman–Crippen LogP) is 4.25. The van der Waals surface area contributed by atoms with Crippen molar-refractivity contribution in [3.8, 4) is 11.6 Å². The minimum Gasteiger partial charge on any atom is -0.438 e. The number of ether oxygens (including phenoxy) is 1. The minimum absolute atomic E-state index is 0.0686. The fourth-order valence-electron chi connectivity index (χ4n) is 3.13. The van der Waals surface area contributed by atoms with E-state index in [0.29, 0.717) is 5.56 Å². The van der Waals surface area contributed by atoms with Gasteiger partial charge in [-0.3, -0.25) is 14.9 Å². The SMILES string of the molecule is CCC(C)NC(=O)c1nn(C(C)(C)C)c(Oc2ccc([N+](=O)[O-])cc2S(=O)(=O)NC(C)(C)C)c1C. The number of nitrogens with zero attached hydrogens (tertiary/aromatic N) is 3. The number of carbonyl (C=O) groups excluding carboxylic acids is 1. The summed E-state index contributed by atoms with van der Waals surface area (Å²) in [6, 6.07) is 3.27. The van der Waals surface area contributed by atoms with Crippen LogP contribution >= 0.6 is 0 Å². The van der Waals surface area contributed by atoms with Crippen molar-refractivity contribution in [1.29, 1.82) is 0 Å². The molecule has 2 rings (SSSR count). The molecule has 2 N–H and O–H groups in total. The molecule has 1 amide bonds. The highest BCUT2D eigenvalue weighted by atomic mass is 32.2. The lowest BCUT2D eigenvalue weighted by atomic mass is 10.1. The van der Waals surface area contributed by atoms with Crippen LogP contribution in [-0.2, 0) is 15.6 Å².